The maximum Gasteiger partial charge on any atom is 0.227 e. The Morgan fingerprint density at radius 1 is 1.25 bits per heavy atom. The monoisotopic (exact) mass is 268 g/mol. The molecule has 0 radical (unpaired) electrons. The molecule has 1 aliphatic heterocycles. The summed E-state index contributed by atoms with van der Waals surface area (Å²) in [5.74, 6) is 0.729. The third-order valence-electron chi connectivity index (χ3n) is 3.50. The van der Waals surface area contributed by atoms with E-state index in [2.05, 4.69) is 9.97 Å². The fourth-order valence-corrected chi connectivity index (χ4v) is 2.60. The molecule has 2 heterocycles. The van der Waals surface area contributed by atoms with Gasteiger partial charge in [-0.2, -0.15) is 0 Å². The van der Waals surface area contributed by atoms with Crippen molar-refractivity contribution in [2.24, 2.45) is 5.92 Å². The average molecular weight is 268 g/mol. The van der Waals surface area contributed by atoms with Gasteiger partial charge in [-0.25, -0.2) is 9.97 Å². The zero-order chi connectivity index (χ0) is 13.9. The van der Waals surface area contributed by atoms with E-state index < -0.39 is 0 Å². The highest BCUT2D eigenvalue weighted by Crippen LogP contribution is 2.26. The zero-order valence-electron chi connectivity index (χ0n) is 11.1. The number of para-hydroxylation sites is 1. The van der Waals surface area contributed by atoms with Crippen molar-refractivity contribution >= 4 is 17.5 Å². The molecule has 1 atom stereocenters. The number of hydrogen-bond donors (Lipinski definition) is 1. The van der Waals surface area contributed by atoms with Crippen LogP contribution in [0.15, 0.2) is 42.6 Å². The summed E-state index contributed by atoms with van der Waals surface area (Å²) in [6.45, 7) is 0.729. The van der Waals surface area contributed by atoms with E-state index >= 15 is 0 Å². The van der Waals surface area contributed by atoms with Gasteiger partial charge in [0, 0.05) is 30.5 Å². The summed E-state index contributed by atoms with van der Waals surface area (Å²) in [5, 5.41) is 0. The molecule has 2 aromatic rings. The molecule has 3 rings (SSSR count). The molecule has 0 saturated carbocycles. The van der Waals surface area contributed by atoms with E-state index in [9.17, 15) is 4.79 Å². The Bertz CT molecular complexity index is 614. The van der Waals surface area contributed by atoms with Crippen LogP contribution in [0.1, 0.15) is 12.1 Å². The molecule has 1 aliphatic rings. The van der Waals surface area contributed by atoms with Crippen LogP contribution in [0.2, 0.25) is 0 Å². The number of anilines is 2. The molecule has 0 bridgehead atoms. The van der Waals surface area contributed by atoms with Gasteiger partial charge in [0.05, 0.1) is 0 Å². The summed E-state index contributed by atoms with van der Waals surface area (Å²) < 4.78 is 0. The van der Waals surface area contributed by atoms with E-state index in [-0.39, 0.29) is 17.8 Å². The van der Waals surface area contributed by atoms with Gasteiger partial charge in [-0.1, -0.05) is 18.2 Å². The lowest BCUT2D eigenvalue weighted by atomic mass is 10.0. The molecule has 5 heteroatoms. The summed E-state index contributed by atoms with van der Waals surface area (Å²) in [6.07, 6.45) is 2.96. The highest BCUT2D eigenvalue weighted by Gasteiger charge is 2.30. The second-order valence-corrected chi connectivity index (χ2v) is 5.02. The lowest BCUT2D eigenvalue weighted by Crippen LogP contribution is -2.24. The Morgan fingerprint density at radius 2 is 2.05 bits per heavy atom. The van der Waals surface area contributed by atoms with Crippen LogP contribution in [-0.4, -0.2) is 22.4 Å². The smallest absolute Gasteiger partial charge is 0.227 e. The topological polar surface area (TPSA) is 72.1 Å². The number of aromatic nitrogens is 2. The molecule has 1 amide bonds. The second kappa shape index (κ2) is 5.28. The lowest BCUT2D eigenvalue weighted by molar-refractivity contribution is -0.117. The van der Waals surface area contributed by atoms with Crippen LogP contribution < -0.4 is 10.6 Å². The zero-order valence-corrected chi connectivity index (χ0v) is 11.1. The summed E-state index contributed by atoms with van der Waals surface area (Å²) >= 11 is 0. The van der Waals surface area contributed by atoms with Crippen LogP contribution in [0, 0.1) is 5.92 Å². The van der Waals surface area contributed by atoms with Gasteiger partial charge < -0.3 is 10.6 Å². The van der Waals surface area contributed by atoms with Crippen molar-refractivity contribution in [2.45, 2.75) is 12.8 Å². The largest absolute Gasteiger partial charge is 0.368 e. The number of amides is 1. The quantitative estimate of drug-likeness (QED) is 0.918. The van der Waals surface area contributed by atoms with Gasteiger partial charge in [-0.15, -0.1) is 0 Å². The van der Waals surface area contributed by atoms with Crippen LogP contribution >= 0.6 is 0 Å². The number of nitrogens with zero attached hydrogens (tertiary/aromatic N) is 3. The fourth-order valence-electron chi connectivity index (χ4n) is 2.60. The summed E-state index contributed by atoms with van der Waals surface area (Å²) in [7, 11) is 0. The Morgan fingerprint density at radius 3 is 2.80 bits per heavy atom. The Labute approximate surface area is 117 Å². The molecule has 1 aromatic heterocycles. The van der Waals surface area contributed by atoms with Crippen molar-refractivity contribution in [1.29, 1.82) is 0 Å². The first-order valence-electron chi connectivity index (χ1n) is 6.65. The molecule has 1 saturated heterocycles. The first-order valence-corrected chi connectivity index (χ1v) is 6.65. The molecule has 102 valence electrons. The predicted molar refractivity (Wildman–Crippen MR) is 77.1 cm³/mol. The highest BCUT2D eigenvalue weighted by molar-refractivity contribution is 5.95. The van der Waals surface area contributed by atoms with Crippen molar-refractivity contribution in [3.8, 4) is 0 Å². The van der Waals surface area contributed by atoms with Gasteiger partial charge in [-0.3, -0.25) is 4.79 Å². The minimum Gasteiger partial charge on any atom is -0.368 e. The minimum absolute atomic E-state index is 0.170. The molecule has 5 nitrogen and oxygen atoms in total. The van der Waals surface area contributed by atoms with E-state index in [1.807, 2.05) is 41.3 Å². The van der Waals surface area contributed by atoms with Crippen LogP contribution in [0.3, 0.4) is 0 Å². The molecular weight excluding hydrogens is 252 g/mol. The molecular formula is C15H16N4O. The van der Waals surface area contributed by atoms with Gasteiger partial charge in [-0.05, 0) is 30.5 Å². The van der Waals surface area contributed by atoms with Gasteiger partial charge in [0.2, 0.25) is 11.9 Å². The fraction of sp³-hybridized carbons (Fsp3) is 0.267. The SMILES string of the molecule is Nc1nccc(C[C@@H]2CC(=O)N(c3ccccc3)C2)n1. The summed E-state index contributed by atoms with van der Waals surface area (Å²) in [6, 6.07) is 11.6. The van der Waals surface area contributed by atoms with E-state index in [1.165, 1.54) is 0 Å². The van der Waals surface area contributed by atoms with Crippen molar-refractivity contribution in [2.75, 3.05) is 17.2 Å². The van der Waals surface area contributed by atoms with E-state index in [0.29, 0.717) is 6.42 Å². The number of nitrogens with two attached hydrogens (primary N) is 1. The summed E-state index contributed by atoms with van der Waals surface area (Å²) in [4.78, 5) is 22.0. The van der Waals surface area contributed by atoms with Crippen molar-refractivity contribution in [3.05, 3.63) is 48.3 Å². The van der Waals surface area contributed by atoms with Gasteiger partial charge in [0.1, 0.15) is 0 Å². The van der Waals surface area contributed by atoms with Crippen molar-refractivity contribution in [1.82, 2.24) is 9.97 Å². The standard InChI is InChI=1S/C15H16N4O/c16-15-17-7-6-12(18-15)8-11-9-14(20)19(10-11)13-4-2-1-3-5-13/h1-7,11H,8-10H2,(H2,16,17,18)/t11-/m1/s1. The van der Waals surface area contributed by atoms with Gasteiger partial charge >= 0.3 is 0 Å². The number of carbonyl (C=O) groups is 1. The number of carbonyl (C=O) groups excluding carboxylic acids is 1. The van der Waals surface area contributed by atoms with Crippen LogP contribution in [0.25, 0.3) is 0 Å². The number of nitrogen functional groups attached to an aromatic ring is 1. The first-order chi connectivity index (χ1) is 9.72. The normalized spacial score (nSPS) is 18.5. The van der Waals surface area contributed by atoms with Crippen molar-refractivity contribution in [3.63, 3.8) is 0 Å². The highest BCUT2D eigenvalue weighted by atomic mass is 16.2. The Hall–Kier alpha value is -2.43. The van der Waals surface area contributed by atoms with E-state index in [1.54, 1.807) is 6.20 Å². The third kappa shape index (κ3) is 2.61. The molecule has 0 aliphatic carbocycles. The second-order valence-electron chi connectivity index (χ2n) is 5.02. The molecule has 2 N–H and O–H groups in total. The average Bonchev–Trinajstić information content (AvgIpc) is 2.80. The van der Waals surface area contributed by atoms with Crippen molar-refractivity contribution < 1.29 is 4.79 Å². The lowest BCUT2D eigenvalue weighted by Gasteiger charge is -2.16. The third-order valence-corrected chi connectivity index (χ3v) is 3.50. The molecule has 1 aromatic carbocycles. The molecule has 20 heavy (non-hydrogen) atoms. The summed E-state index contributed by atoms with van der Waals surface area (Å²) in [5.41, 5.74) is 7.43. The maximum absolute atomic E-state index is 12.1. The Kier molecular flexibility index (Phi) is 3.33. The molecule has 1 fully saturated rings. The number of hydrogen-bond acceptors (Lipinski definition) is 4. The minimum atomic E-state index is 0.170. The van der Waals surface area contributed by atoms with Gasteiger partial charge in [0.25, 0.3) is 0 Å². The first kappa shape index (κ1) is 12.6. The van der Waals surface area contributed by atoms with Crippen LogP contribution in [0.4, 0.5) is 11.6 Å². The van der Waals surface area contributed by atoms with E-state index in [0.717, 1.165) is 24.3 Å². The Balaban J connectivity index is 1.71. The van der Waals surface area contributed by atoms with Crippen LogP contribution in [-0.2, 0) is 11.2 Å². The number of rotatable bonds is 3. The molecule has 0 spiro atoms. The molecule has 0 unspecified atom stereocenters. The maximum atomic E-state index is 12.1. The predicted octanol–water partition coefficient (Wildman–Crippen LogP) is 1.65. The van der Waals surface area contributed by atoms with Crippen LogP contribution in [0.5, 0.6) is 0 Å². The van der Waals surface area contributed by atoms with Gasteiger partial charge in [0.15, 0.2) is 0 Å². The number of benzene rings is 1. The van der Waals surface area contributed by atoms with E-state index in [4.69, 9.17) is 5.73 Å².